The monoisotopic (exact) mass is 374 g/mol. The molecular weight excluding hydrogens is 351 g/mol. The molecule has 2 aromatic rings. The molecule has 1 aromatic heterocycles. The minimum Gasteiger partial charge on any atom is -0.478 e. The van der Waals surface area contributed by atoms with Gasteiger partial charge in [0.1, 0.15) is 11.5 Å². The molecule has 24 heavy (non-hydrogen) atoms. The highest BCUT2D eigenvalue weighted by Crippen LogP contribution is 2.23. The molecule has 0 aliphatic heterocycles. The lowest BCUT2D eigenvalue weighted by Crippen LogP contribution is -2.20. The number of furan rings is 1. The molecule has 0 saturated carbocycles. The van der Waals surface area contributed by atoms with Crippen LogP contribution < -0.4 is 5.32 Å². The number of aromatic carboxylic acids is 1. The third-order valence-electron chi connectivity index (χ3n) is 3.31. The van der Waals surface area contributed by atoms with E-state index in [1.807, 2.05) is 18.2 Å². The number of nitrogens with zero attached hydrogens (tertiary/aromatic N) is 1. The SMILES string of the molecule is CN(C)CCCNCc1ccc(-c2cccc(C(=O)O)c2)o1.Cl.Cl. The van der Waals surface area contributed by atoms with Gasteiger partial charge in [-0.1, -0.05) is 12.1 Å². The predicted octanol–water partition coefficient (Wildman–Crippen LogP) is 3.53. The molecule has 0 aliphatic rings. The van der Waals surface area contributed by atoms with Crippen molar-refractivity contribution < 1.29 is 14.3 Å². The summed E-state index contributed by atoms with van der Waals surface area (Å²) in [7, 11) is 4.12. The quantitative estimate of drug-likeness (QED) is 0.691. The predicted molar refractivity (Wildman–Crippen MR) is 100 cm³/mol. The highest BCUT2D eigenvalue weighted by atomic mass is 35.5. The summed E-state index contributed by atoms with van der Waals surface area (Å²) in [6, 6.07) is 10.6. The second kappa shape index (κ2) is 11.1. The van der Waals surface area contributed by atoms with Crippen LogP contribution in [0.3, 0.4) is 0 Å². The molecule has 7 heteroatoms. The van der Waals surface area contributed by atoms with Gasteiger partial charge in [-0.3, -0.25) is 0 Å². The van der Waals surface area contributed by atoms with Gasteiger partial charge in [-0.2, -0.15) is 0 Å². The van der Waals surface area contributed by atoms with Gasteiger partial charge in [0.05, 0.1) is 12.1 Å². The maximum Gasteiger partial charge on any atom is 0.335 e. The number of nitrogens with one attached hydrogen (secondary N) is 1. The van der Waals surface area contributed by atoms with E-state index in [2.05, 4.69) is 24.3 Å². The van der Waals surface area contributed by atoms with Gasteiger partial charge in [-0.15, -0.1) is 24.8 Å². The number of benzene rings is 1. The molecule has 1 heterocycles. The van der Waals surface area contributed by atoms with Crippen LogP contribution in [0, 0.1) is 0 Å². The van der Waals surface area contributed by atoms with Crippen LogP contribution in [0.15, 0.2) is 40.8 Å². The number of carboxylic acid groups (broad SMARTS) is 1. The van der Waals surface area contributed by atoms with Gasteiger partial charge in [0.15, 0.2) is 0 Å². The first kappa shape index (κ1) is 22.5. The molecule has 0 saturated heterocycles. The van der Waals surface area contributed by atoms with Crippen LogP contribution in [0.2, 0.25) is 0 Å². The maximum absolute atomic E-state index is 11.0. The molecule has 134 valence electrons. The van der Waals surface area contributed by atoms with Gasteiger partial charge in [-0.05, 0) is 57.9 Å². The van der Waals surface area contributed by atoms with E-state index in [1.165, 1.54) is 0 Å². The molecule has 0 radical (unpaired) electrons. The molecule has 0 unspecified atom stereocenters. The average molecular weight is 375 g/mol. The fourth-order valence-electron chi connectivity index (χ4n) is 2.17. The molecule has 2 rings (SSSR count). The van der Waals surface area contributed by atoms with Gasteiger partial charge in [0.2, 0.25) is 0 Å². The molecular formula is C17H24Cl2N2O3. The van der Waals surface area contributed by atoms with Crippen LogP contribution >= 0.6 is 24.8 Å². The van der Waals surface area contributed by atoms with Crippen molar-refractivity contribution in [3.05, 3.63) is 47.7 Å². The first-order valence-corrected chi connectivity index (χ1v) is 7.34. The van der Waals surface area contributed by atoms with Gasteiger partial charge in [-0.25, -0.2) is 4.79 Å². The van der Waals surface area contributed by atoms with Gasteiger partial charge >= 0.3 is 5.97 Å². The van der Waals surface area contributed by atoms with Crippen molar-refractivity contribution >= 4 is 30.8 Å². The van der Waals surface area contributed by atoms with E-state index in [0.717, 1.165) is 30.8 Å². The smallest absolute Gasteiger partial charge is 0.335 e. The Bertz CT molecular complexity index is 630. The minimum atomic E-state index is -0.934. The van der Waals surface area contributed by atoms with Crippen LogP contribution in [-0.2, 0) is 6.54 Å². The molecule has 0 spiro atoms. The molecule has 0 atom stereocenters. The highest BCUT2D eigenvalue weighted by Gasteiger charge is 2.08. The van der Waals surface area contributed by atoms with Crippen molar-refractivity contribution in [3.63, 3.8) is 0 Å². The Morgan fingerprint density at radius 3 is 2.62 bits per heavy atom. The fourth-order valence-corrected chi connectivity index (χ4v) is 2.17. The summed E-state index contributed by atoms with van der Waals surface area (Å²) in [4.78, 5) is 13.2. The third kappa shape index (κ3) is 6.93. The maximum atomic E-state index is 11.0. The number of carboxylic acids is 1. The van der Waals surface area contributed by atoms with Gasteiger partial charge < -0.3 is 19.7 Å². The third-order valence-corrected chi connectivity index (χ3v) is 3.31. The standard InChI is InChI=1S/C17H22N2O3.2ClH/c1-19(2)10-4-9-18-12-15-7-8-16(22-15)13-5-3-6-14(11-13)17(20)21;;/h3,5-8,11,18H,4,9-10,12H2,1-2H3,(H,20,21);2*1H. The zero-order valence-corrected chi connectivity index (χ0v) is 15.5. The summed E-state index contributed by atoms with van der Waals surface area (Å²) >= 11 is 0. The molecule has 0 fully saturated rings. The number of halogens is 2. The minimum absolute atomic E-state index is 0. The summed E-state index contributed by atoms with van der Waals surface area (Å²) < 4.78 is 5.77. The van der Waals surface area contributed by atoms with E-state index >= 15 is 0 Å². The largest absolute Gasteiger partial charge is 0.478 e. The lowest BCUT2D eigenvalue weighted by atomic mass is 10.1. The molecule has 5 nitrogen and oxygen atoms in total. The Morgan fingerprint density at radius 1 is 1.21 bits per heavy atom. The van der Waals surface area contributed by atoms with Crippen LogP contribution in [0.25, 0.3) is 11.3 Å². The topological polar surface area (TPSA) is 65.7 Å². The van der Waals surface area contributed by atoms with E-state index in [9.17, 15) is 4.79 Å². The lowest BCUT2D eigenvalue weighted by Gasteiger charge is -2.09. The molecule has 0 aliphatic carbocycles. The summed E-state index contributed by atoms with van der Waals surface area (Å²) in [5.41, 5.74) is 1.04. The van der Waals surface area contributed by atoms with E-state index < -0.39 is 5.97 Å². The van der Waals surface area contributed by atoms with Crippen LogP contribution in [0.4, 0.5) is 0 Å². The Morgan fingerprint density at radius 2 is 1.96 bits per heavy atom. The van der Waals surface area contributed by atoms with Crippen molar-refractivity contribution in [1.82, 2.24) is 10.2 Å². The van der Waals surface area contributed by atoms with Crippen molar-refractivity contribution in [1.29, 1.82) is 0 Å². The first-order valence-electron chi connectivity index (χ1n) is 7.34. The van der Waals surface area contributed by atoms with E-state index in [0.29, 0.717) is 12.3 Å². The summed E-state index contributed by atoms with van der Waals surface area (Å²) in [5, 5.41) is 12.4. The second-order valence-electron chi connectivity index (χ2n) is 5.49. The second-order valence-corrected chi connectivity index (χ2v) is 5.49. The van der Waals surface area contributed by atoms with Gasteiger partial charge in [0.25, 0.3) is 0 Å². The Labute approximate surface area is 154 Å². The zero-order chi connectivity index (χ0) is 15.9. The Hall–Kier alpha value is -1.53. The average Bonchev–Trinajstić information content (AvgIpc) is 2.95. The number of rotatable bonds is 8. The summed E-state index contributed by atoms with van der Waals surface area (Å²) in [6.07, 6.45) is 1.08. The Balaban J connectivity index is 0.00000264. The number of carbonyl (C=O) groups is 1. The molecule has 2 N–H and O–H groups in total. The van der Waals surface area contributed by atoms with E-state index in [-0.39, 0.29) is 30.4 Å². The molecule has 0 amide bonds. The van der Waals surface area contributed by atoms with Crippen molar-refractivity contribution in [2.75, 3.05) is 27.2 Å². The highest BCUT2D eigenvalue weighted by molar-refractivity contribution is 5.89. The van der Waals surface area contributed by atoms with Crippen molar-refractivity contribution in [2.45, 2.75) is 13.0 Å². The summed E-state index contributed by atoms with van der Waals surface area (Å²) in [6.45, 7) is 2.66. The number of hydrogen-bond acceptors (Lipinski definition) is 4. The molecule has 1 aromatic carbocycles. The van der Waals surface area contributed by atoms with E-state index in [1.54, 1.807) is 18.2 Å². The van der Waals surface area contributed by atoms with Crippen molar-refractivity contribution in [2.24, 2.45) is 0 Å². The summed E-state index contributed by atoms with van der Waals surface area (Å²) in [5.74, 6) is 0.602. The van der Waals surface area contributed by atoms with Crippen LogP contribution in [0.1, 0.15) is 22.5 Å². The molecule has 0 bridgehead atoms. The first-order chi connectivity index (χ1) is 10.6. The number of hydrogen-bond donors (Lipinski definition) is 2. The zero-order valence-electron chi connectivity index (χ0n) is 13.8. The Kier molecular flexibility index (Phi) is 10.4. The van der Waals surface area contributed by atoms with Crippen molar-refractivity contribution in [3.8, 4) is 11.3 Å². The normalized spacial score (nSPS) is 10.1. The van der Waals surface area contributed by atoms with Crippen LogP contribution in [-0.4, -0.2) is 43.2 Å². The van der Waals surface area contributed by atoms with Crippen LogP contribution in [0.5, 0.6) is 0 Å². The van der Waals surface area contributed by atoms with Gasteiger partial charge in [0, 0.05) is 5.56 Å². The van der Waals surface area contributed by atoms with E-state index in [4.69, 9.17) is 9.52 Å². The fraction of sp³-hybridized carbons (Fsp3) is 0.353. The lowest BCUT2D eigenvalue weighted by molar-refractivity contribution is 0.0697.